The summed E-state index contributed by atoms with van der Waals surface area (Å²) >= 11 is 0. The van der Waals surface area contributed by atoms with Crippen LogP contribution in [0.5, 0.6) is 0 Å². The SMILES string of the molecule is O=c1c2cnc(-n3c4ccccc4c4c5c(ccc43)oc3ccccc35)nc2c2ccccc2n1-c1cc(-c2ccccc2)cc(-c2ccccc2)c1. The Morgan fingerprint density at radius 2 is 1.06 bits per heavy atom. The maximum absolute atomic E-state index is 14.8. The minimum Gasteiger partial charge on any atom is -0.456 e. The van der Waals surface area contributed by atoms with Crippen LogP contribution in [0.15, 0.2) is 179 Å². The van der Waals surface area contributed by atoms with Gasteiger partial charge in [-0.3, -0.25) is 13.9 Å². The quantitative estimate of drug-likeness (QED) is 0.174. The average molecular weight is 681 g/mol. The molecular weight excluding hydrogens is 653 g/mol. The maximum atomic E-state index is 14.8. The first-order chi connectivity index (χ1) is 26.2. The van der Waals surface area contributed by atoms with Crippen molar-refractivity contribution < 1.29 is 4.42 Å². The van der Waals surface area contributed by atoms with Crippen molar-refractivity contribution in [1.29, 1.82) is 0 Å². The number of nitrogens with zero attached hydrogens (tertiary/aromatic N) is 4. The number of pyridine rings is 1. The molecule has 0 fully saturated rings. The third-order valence-electron chi connectivity index (χ3n) is 10.4. The predicted molar refractivity (Wildman–Crippen MR) is 215 cm³/mol. The van der Waals surface area contributed by atoms with E-state index in [9.17, 15) is 4.79 Å². The van der Waals surface area contributed by atoms with Crippen molar-refractivity contribution in [1.82, 2.24) is 19.1 Å². The standard InChI is InChI=1S/C47H28N4O2/c52-46-37-28-48-47(51-38-20-10-7-17-34(38)43-40(51)23-24-42-44(43)36-19-9-12-22-41(36)53-42)49-45(37)35-18-8-11-21-39(35)50(46)33-26-31(29-13-3-1-4-14-29)25-32(27-33)30-15-5-2-6-16-30/h1-28H. The number of furan rings is 1. The van der Waals surface area contributed by atoms with E-state index in [-0.39, 0.29) is 5.56 Å². The normalized spacial score (nSPS) is 11.8. The van der Waals surface area contributed by atoms with Crippen LogP contribution in [0.2, 0.25) is 0 Å². The number of para-hydroxylation sites is 3. The molecule has 4 aromatic heterocycles. The lowest BCUT2D eigenvalue weighted by Gasteiger charge is -2.16. The number of fused-ring (bicyclic) bond motifs is 10. The van der Waals surface area contributed by atoms with Crippen LogP contribution >= 0.6 is 0 Å². The van der Waals surface area contributed by atoms with Crippen molar-refractivity contribution in [2.45, 2.75) is 0 Å². The zero-order chi connectivity index (χ0) is 35.0. The van der Waals surface area contributed by atoms with Gasteiger partial charge in [-0.2, -0.15) is 0 Å². The van der Waals surface area contributed by atoms with Gasteiger partial charge in [0, 0.05) is 33.1 Å². The third kappa shape index (κ3) is 4.42. The number of benzene rings is 7. The summed E-state index contributed by atoms with van der Waals surface area (Å²) in [4.78, 5) is 24.9. The summed E-state index contributed by atoms with van der Waals surface area (Å²) in [5.41, 5.74) is 9.79. The Morgan fingerprint density at radius 1 is 0.453 bits per heavy atom. The molecule has 11 rings (SSSR count). The van der Waals surface area contributed by atoms with Crippen molar-refractivity contribution in [3.05, 3.63) is 180 Å². The molecule has 0 unspecified atom stereocenters. The van der Waals surface area contributed by atoms with Gasteiger partial charge in [-0.05, 0) is 70.8 Å². The largest absolute Gasteiger partial charge is 0.456 e. The monoisotopic (exact) mass is 680 g/mol. The second kappa shape index (κ2) is 11.4. The lowest BCUT2D eigenvalue weighted by molar-refractivity contribution is 0.669. The molecule has 6 heteroatoms. The van der Waals surface area contributed by atoms with E-state index in [1.54, 1.807) is 10.8 Å². The van der Waals surface area contributed by atoms with Crippen LogP contribution in [0, 0.1) is 0 Å². The van der Waals surface area contributed by atoms with Crippen molar-refractivity contribution in [3.8, 4) is 33.9 Å². The van der Waals surface area contributed by atoms with E-state index < -0.39 is 0 Å². The second-order valence-corrected chi connectivity index (χ2v) is 13.4. The summed E-state index contributed by atoms with van der Waals surface area (Å²) in [5, 5.41) is 5.60. The molecule has 7 aromatic carbocycles. The van der Waals surface area contributed by atoms with Crippen LogP contribution in [-0.2, 0) is 0 Å². The number of hydrogen-bond donors (Lipinski definition) is 0. The fourth-order valence-electron chi connectivity index (χ4n) is 8.02. The molecule has 6 nitrogen and oxygen atoms in total. The highest BCUT2D eigenvalue weighted by Gasteiger charge is 2.21. The first kappa shape index (κ1) is 29.4. The van der Waals surface area contributed by atoms with Crippen molar-refractivity contribution in [2.24, 2.45) is 0 Å². The minimum atomic E-state index is -0.178. The summed E-state index contributed by atoms with van der Waals surface area (Å²) in [6, 6.07) is 55.5. The third-order valence-corrected chi connectivity index (χ3v) is 10.4. The Labute approximate surface area is 302 Å². The van der Waals surface area contributed by atoms with E-state index in [0.29, 0.717) is 16.9 Å². The molecule has 0 N–H and O–H groups in total. The minimum absolute atomic E-state index is 0.178. The summed E-state index contributed by atoms with van der Waals surface area (Å²) in [6.45, 7) is 0. The molecule has 248 valence electrons. The Hall–Kier alpha value is -7.31. The van der Waals surface area contributed by atoms with Gasteiger partial charge >= 0.3 is 0 Å². The fourth-order valence-corrected chi connectivity index (χ4v) is 8.02. The smallest absolute Gasteiger partial charge is 0.266 e. The molecule has 0 saturated heterocycles. The van der Waals surface area contributed by atoms with Crippen LogP contribution in [0.4, 0.5) is 0 Å². The predicted octanol–water partition coefficient (Wildman–Crippen LogP) is 11.3. The van der Waals surface area contributed by atoms with Crippen LogP contribution < -0.4 is 5.56 Å². The van der Waals surface area contributed by atoms with E-state index in [4.69, 9.17) is 14.4 Å². The second-order valence-electron chi connectivity index (χ2n) is 13.4. The van der Waals surface area contributed by atoms with Crippen LogP contribution in [0.1, 0.15) is 0 Å². The zero-order valence-electron chi connectivity index (χ0n) is 28.3. The Balaban J connectivity index is 1.18. The molecule has 0 saturated carbocycles. The molecule has 0 aliphatic rings. The lowest BCUT2D eigenvalue weighted by Crippen LogP contribution is -2.20. The van der Waals surface area contributed by atoms with Crippen molar-refractivity contribution >= 4 is 65.6 Å². The van der Waals surface area contributed by atoms with Gasteiger partial charge in [-0.15, -0.1) is 0 Å². The highest BCUT2D eigenvalue weighted by Crippen LogP contribution is 2.41. The molecule has 53 heavy (non-hydrogen) atoms. The van der Waals surface area contributed by atoms with Gasteiger partial charge in [-0.25, -0.2) is 9.97 Å². The molecule has 0 atom stereocenters. The highest BCUT2D eigenvalue weighted by molar-refractivity contribution is 6.27. The van der Waals surface area contributed by atoms with Gasteiger partial charge < -0.3 is 4.42 Å². The average Bonchev–Trinajstić information content (AvgIpc) is 3.77. The van der Waals surface area contributed by atoms with Crippen LogP contribution in [0.25, 0.3) is 99.4 Å². The fraction of sp³-hybridized carbons (Fsp3) is 0. The Morgan fingerprint density at radius 3 is 1.77 bits per heavy atom. The van der Waals surface area contributed by atoms with Gasteiger partial charge in [0.2, 0.25) is 5.95 Å². The molecule has 0 aliphatic carbocycles. The van der Waals surface area contributed by atoms with E-state index in [1.165, 1.54) is 0 Å². The summed E-state index contributed by atoms with van der Waals surface area (Å²) in [7, 11) is 0. The van der Waals surface area contributed by atoms with Crippen molar-refractivity contribution in [3.63, 3.8) is 0 Å². The first-order valence-electron chi connectivity index (χ1n) is 17.6. The zero-order valence-corrected chi connectivity index (χ0v) is 28.3. The summed E-state index contributed by atoms with van der Waals surface area (Å²) < 4.78 is 10.2. The Bertz CT molecular complexity index is 3250. The number of rotatable bonds is 4. The van der Waals surface area contributed by atoms with E-state index >= 15 is 0 Å². The summed E-state index contributed by atoms with van der Waals surface area (Å²) in [5.74, 6) is 0.496. The van der Waals surface area contributed by atoms with Gasteiger partial charge in [0.15, 0.2) is 0 Å². The van der Waals surface area contributed by atoms with E-state index in [2.05, 4.69) is 77.4 Å². The summed E-state index contributed by atoms with van der Waals surface area (Å²) in [6.07, 6.45) is 1.69. The van der Waals surface area contributed by atoms with Crippen LogP contribution in [0.3, 0.4) is 0 Å². The molecule has 0 aliphatic heterocycles. The Kier molecular flexibility index (Phi) is 6.30. The van der Waals surface area contributed by atoms with Crippen molar-refractivity contribution in [2.75, 3.05) is 0 Å². The molecular formula is C47H28N4O2. The number of aromatic nitrogens is 4. The van der Waals surface area contributed by atoms with Gasteiger partial charge in [0.05, 0.1) is 33.1 Å². The lowest BCUT2D eigenvalue weighted by atomic mass is 9.97. The van der Waals surface area contributed by atoms with Crippen LogP contribution in [-0.4, -0.2) is 19.1 Å². The molecule has 0 bridgehead atoms. The van der Waals surface area contributed by atoms with Gasteiger partial charge in [0.1, 0.15) is 11.2 Å². The van der Waals surface area contributed by atoms with Gasteiger partial charge in [0.25, 0.3) is 5.56 Å². The first-order valence-corrected chi connectivity index (χ1v) is 17.6. The molecule has 0 radical (unpaired) electrons. The van der Waals surface area contributed by atoms with E-state index in [0.717, 1.165) is 82.6 Å². The topological polar surface area (TPSA) is 65.8 Å². The number of hydrogen-bond acceptors (Lipinski definition) is 4. The maximum Gasteiger partial charge on any atom is 0.266 e. The van der Waals surface area contributed by atoms with E-state index in [1.807, 2.05) is 91.0 Å². The molecule has 11 aromatic rings. The molecule has 0 amide bonds. The van der Waals surface area contributed by atoms with Gasteiger partial charge in [-0.1, -0.05) is 115 Å². The highest BCUT2D eigenvalue weighted by atomic mass is 16.3. The molecule has 4 heterocycles. The molecule has 0 spiro atoms.